The molecule has 7 heteroatoms. The van der Waals surface area contributed by atoms with E-state index in [0.717, 1.165) is 11.3 Å². The van der Waals surface area contributed by atoms with Crippen LogP contribution in [0.4, 0.5) is 15.8 Å². The van der Waals surface area contributed by atoms with Gasteiger partial charge in [0, 0.05) is 30.8 Å². The van der Waals surface area contributed by atoms with Crippen LogP contribution in [0.2, 0.25) is 0 Å². The number of hydrogen-bond donors (Lipinski definition) is 1. The molecule has 2 amide bonds. The number of nitrogens with one attached hydrogen (secondary N) is 1. The predicted octanol–water partition coefficient (Wildman–Crippen LogP) is 5.45. The number of carbonyl (C=O) groups excluding carboxylic acids is 2. The minimum atomic E-state index is -0.349. The third kappa shape index (κ3) is 4.30. The van der Waals surface area contributed by atoms with Crippen LogP contribution in [-0.2, 0) is 17.6 Å². The molecule has 0 atom stereocenters. The minimum Gasteiger partial charge on any atom is -0.472 e. The van der Waals surface area contributed by atoms with Crippen LogP contribution in [0.1, 0.15) is 28.1 Å². The Morgan fingerprint density at radius 2 is 1.94 bits per heavy atom. The molecule has 1 aliphatic rings. The Kier molecular flexibility index (Phi) is 5.52. The van der Waals surface area contributed by atoms with Crippen LogP contribution in [0, 0.1) is 5.82 Å². The highest BCUT2D eigenvalue weighted by atomic mass is 19.1. The number of halogens is 1. The Balaban J connectivity index is 1.19. The first-order valence-corrected chi connectivity index (χ1v) is 10.7. The monoisotopic (exact) mass is 444 g/mol. The van der Waals surface area contributed by atoms with E-state index in [1.54, 1.807) is 47.4 Å². The van der Waals surface area contributed by atoms with Gasteiger partial charge in [-0.15, -0.1) is 0 Å². The smallest absolute Gasteiger partial charge is 0.261 e. The number of benzene rings is 2. The summed E-state index contributed by atoms with van der Waals surface area (Å²) in [5.41, 5.74) is 3.44. The fourth-order valence-electron chi connectivity index (χ4n) is 4.01. The number of amides is 2. The van der Waals surface area contributed by atoms with Gasteiger partial charge in [0.05, 0.1) is 17.4 Å². The minimum absolute atomic E-state index is 0.104. The van der Waals surface area contributed by atoms with Crippen LogP contribution in [0.5, 0.6) is 0 Å². The summed E-state index contributed by atoms with van der Waals surface area (Å²) in [6.07, 6.45) is 4.26. The Labute approximate surface area is 189 Å². The van der Waals surface area contributed by atoms with E-state index in [4.69, 9.17) is 8.83 Å². The summed E-state index contributed by atoms with van der Waals surface area (Å²) in [6.45, 7) is 0.583. The van der Waals surface area contributed by atoms with Crippen molar-refractivity contribution in [1.29, 1.82) is 0 Å². The van der Waals surface area contributed by atoms with E-state index in [1.165, 1.54) is 18.6 Å². The van der Waals surface area contributed by atoms with E-state index in [0.29, 0.717) is 47.7 Å². The molecule has 6 nitrogen and oxygen atoms in total. The van der Waals surface area contributed by atoms with Crippen molar-refractivity contribution in [1.82, 2.24) is 0 Å². The highest BCUT2D eigenvalue weighted by Gasteiger charge is 2.26. The fourth-order valence-corrected chi connectivity index (χ4v) is 4.01. The summed E-state index contributed by atoms with van der Waals surface area (Å²) in [5, 5.41) is 2.90. The average molecular weight is 444 g/mol. The van der Waals surface area contributed by atoms with Crippen LogP contribution in [0.25, 0.3) is 11.3 Å². The zero-order valence-corrected chi connectivity index (χ0v) is 17.7. The summed E-state index contributed by atoms with van der Waals surface area (Å²) >= 11 is 0. The lowest BCUT2D eigenvalue weighted by molar-refractivity contribution is -0.116. The van der Waals surface area contributed by atoms with Gasteiger partial charge in [0.15, 0.2) is 0 Å². The molecule has 0 aliphatic carbocycles. The van der Waals surface area contributed by atoms with Crippen LogP contribution in [-0.4, -0.2) is 18.4 Å². The van der Waals surface area contributed by atoms with Gasteiger partial charge in [0.1, 0.15) is 23.6 Å². The van der Waals surface area contributed by atoms with Gasteiger partial charge in [0.25, 0.3) is 5.91 Å². The van der Waals surface area contributed by atoms with Crippen molar-refractivity contribution in [2.45, 2.75) is 19.3 Å². The molecule has 0 spiro atoms. The van der Waals surface area contributed by atoms with Crippen LogP contribution in [0.15, 0.2) is 82.0 Å². The molecular formula is C26H21FN2O4. The number of rotatable bonds is 6. The molecule has 0 saturated carbocycles. The summed E-state index contributed by atoms with van der Waals surface area (Å²) in [4.78, 5) is 26.8. The van der Waals surface area contributed by atoms with Crippen LogP contribution < -0.4 is 10.2 Å². The second kappa shape index (κ2) is 8.78. The van der Waals surface area contributed by atoms with E-state index in [-0.39, 0.29) is 24.1 Å². The third-order valence-electron chi connectivity index (χ3n) is 5.67. The number of fused-ring (bicyclic) bond motifs is 1. The van der Waals surface area contributed by atoms with Crippen molar-refractivity contribution in [2.75, 3.05) is 16.8 Å². The van der Waals surface area contributed by atoms with E-state index in [2.05, 4.69) is 5.32 Å². The first-order chi connectivity index (χ1) is 16.1. The van der Waals surface area contributed by atoms with Crippen molar-refractivity contribution < 1.29 is 22.8 Å². The molecule has 1 aliphatic heterocycles. The molecule has 0 unspecified atom stereocenters. The van der Waals surface area contributed by atoms with Crippen molar-refractivity contribution >= 4 is 23.2 Å². The average Bonchev–Trinajstić information content (AvgIpc) is 3.58. The fraction of sp³-hybridized carbons (Fsp3) is 0.154. The summed E-state index contributed by atoms with van der Waals surface area (Å²) in [5.74, 6) is 0.454. The van der Waals surface area contributed by atoms with Gasteiger partial charge in [0.2, 0.25) is 5.91 Å². The molecule has 33 heavy (non-hydrogen) atoms. The topological polar surface area (TPSA) is 75.7 Å². The molecule has 5 rings (SSSR count). The molecule has 166 valence electrons. The number of carbonyl (C=O) groups is 2. The zero-order chi connectivity index (χ0) is 22.8. The van der Waals surface area contributed by atoms with Crippen LogP contribution in [0.3, 0.4) is 0 Å². The summed E-state index contributed by atoms with van der Waals surface area (Å²) < 4.78 is 24.6. The van der Waals surface area contributed by atoms with Gasteiger partial charge >= 0.3 is 0 Å². The lowest BCUT2D eigenvalue weighted by atomic mass is 10.1. The maximum absolute atomic E-state index is 13.9. The van der Waals surface area contributed by atoms with Crippen LogP contribution >= 0.6 is 0 Å². The number of furan rings is 2. The van der Waals surface area contributed by atoms with Crippen molar-refractivity contribution in [3.8, 4) is 11.3 Å². The zero-order valence-electron chi connectivity index (χ0n) is 17.7. The summed E-state index contributed by atoms with van der Waals surface area (Å²) in [7, 11) is 0. The van der Waals surface area contributed by atoms with Crippen molar-refractivity contribution in [3.05, 3.63) is 95.9 Å². The van der Waals surface area contributed by atoms with Gasteiger partial charge in [-0.05, 0) is 60.5 Å². The maximum Gasteiger partial charge on any atom is 0.261 e. The maximum atomic E-state index is 13.9. The largest absolute Gasteiger partial charge is 0.472 e. The molecule has 0 fully saturated rings. The van der Waals surface area contributed by atoms with Gasteiger partial charge < -0.3 is 19.1 Å². The first kappa shape index (κ1) is 20.8. The van der Waals surface area contributed by atoms with Crippen molar-refractivity contribution in [2.24, 2.45) is 0 Å². The normalized spacial score (nSPS) is 12.6. The Morgan fingerprint density at radius 3 is 2.76 bits per heavy atom. The number of hydrogen-bond acceptors (Lipinski definition) is 4. The highest BCUT2D eigenvalue weighted by Crippen LogP contribution is 2.32. The molecule has 2 aromatic carbocycles. The molecule has 0 bridgehead atoms. The Hall–Kier alpha value is -4.13. The molecule has 3 heterocycles. The molecular weight excluding hydrogens is 423 g/mol. The summed E-state index contributed by atoms with van der Waals surface area (Å²) in [6, 6.07) is 17.1. The lowest BCUT2D eigenvalue weighted by Gasteiger charge is -2.16. The molecule has 2 aromatic heterocycles. The van der Waals surface area contributed by atoms with E-state index < -0.39 is 0 Å². The number of nitrogens with zero attached hydrogens (tertiary/aromatic N) is 1. The van der Waals surface area contributed by atoms with E-state index >= 15 is 0 Å². The Bertz CT molecular complexity index is 1310. The molecule has 1 N–H and O–H groups in total. The second-order valence-electron chi connectivity index (χ2n) is 7.86. The second-order valence-corrected chi connectivity index (χ2v) is 7.86. The lowest BCUT2D eigenvalue weighted by Crippen LogP contribution is -2.28. The molecule has 4 aromatic rings. The number of aryl methyl sites for hydroxylation is 1. The number of anilines is 2. The quantitative estimate of drug-likeness (QED) is 0.429. The van der Waals surface area contributed by atoms with Gasteiger partial charge in [-0.25, -0.2) is 4.39 Å². The standard InChI is InChI=1S/C26H21FN2O4/c27-22-4-2-1-3-21(22)24-9-6-20(33-24)7-10-25(30)28-19-5-8-23-17(15-19)11-13-29(23)26(31)18-12-14-32-16-18/h1-6,8-9,12,14-16H,7,10-11,13H2,(H,28,30). The SMILES string of the molecule is O=C(CCc1ccc(-c2ccccc2F)o1)Nc1ccc2c(c1)CCN2C(=O)c1ccoc1. The van der Waals surface area contributed by atoms with E-state index in [1.807, 2.05) is 12.1 Å². The van der Waals surface area contributed by atoms with E-state index in [9.17, 15) is 14.0 Å². The molecule has 0 saturated heterocycles. The predicted molar refractivity (Wildman–Crippen MR) is 122 cm³/mol. The first-order valence-electron chi connectivity index (χ1n) is 10.7. The van der Waals surface area contributed by atoms with Gasteiger partial charge in [-0.1, -0.05) is 12.1 Å². The third-order valence-corrected chi connectivity index (χ3v) is 5.67. The van der Waals surface area contributed by atoms with Crippen molar-refractivity contribution in [3.63, 3.8) is 0 Å². The molecule has 0 radical (unpaired) electrons. The highest BCUT2D eigenvalue weighted by molar-refractivity contribution is 6.07. The van der Waals surface area contributed by atoms with Gasteiger partial charge in [-0.2, -0.15) is 0 Å². The van der Waals surface area contributed by atoms with Gasteiger partial charge in [-0.3, -0.25) is 9.59 Å². The Morgan fingerprint density at radius 1 is 1.06 bits per heavy atom.